The summed E-state index contributed by atoms with van der Waals surface area (Å²) in [6.45, 7) is 2.92. The highest BCUT2D eigenvalue weighted by atomic mass is 16.2. The molecule has 1 aliphatic rings. The van der Waals surface area contributed by atoms with Crippen LogP contribution in [0.1, 0.15) is 39.0 Å². The lowest BCUT2D eigenvalue weighted by molar-refractivity contribution is 0.228. The number of hydrogen-bond acceptors (Lipinski definition) is 1. The van der Waals surface area contributed by atoms with Gasteiger partial charge in [-0.05, 0) is 25.7 Å². The van der Waals surface area contributed by atoms with E-state index in [2.05, 4.69) is 17.6 Å². The van der Waals surface area contributed by atoms with Crippen molar-refractivity contribution in [1.82, 2.24) is 10.6 Å². The van der Waals surface area contributed by atoms with Crippen molar-refractivity contribution >= 4 is 6.03 Å². The highest BCUT2D eigenvalue weighted by Crippen LogP contribution is 2.17. The summed E-state index contributed by atoms with van der Waals surface area (Å²) in [5.74, 6) is 0. The van der Waals surface area contributed by atoms with Gasteiger partial charge < -0.3 is 10.6 Å². The molecule has 0 aromatic rings. The lowest BCUT2D eigenvalue weighted by Crippen LogP contribution is -2.45. The molecule has 0 unspecified atom stereocenters. The second-order valence-corrected chi connectivity index (χ2v) is 3.38. The Hall–Kier alpha value is -0.730. The molecule has 0 aromatic heterocycles. The molecule has 1 rings (SSSR count). The van der Waals surface area contributed by atoms with Gasteiger partial charge in [-0.25, -0.2) is 4.79 Å². The maximum atomic E-state index is 11.1. The number of urea groups is 1. The van der Waals surface area contributed by atoms with Crippen LogP contribution in [0.3, 0.4) is 0 Å². The molecule has 0 atom stereocenters. The zero-order chi connectivity index (χ0) is 8.81. The molecule has 0 spiro atoms. The molecule has 0 bridgehead atoms. The van der Waals surface area contributed by atoms with Crippen LogP contribution in [0.15, 0.2) is 0 Å². The van der Waals surface area contributed by atoms with Crippen LogP contribution in [-0.2, 0) is 0 Å². The quantitative estimate of drug-likeness (QED) is 0.619. The van der Waals surface area contributed by atoms with Crippen LogP contribution in [0, 0.1) is 0 Å². The van der Waals surface area contributed by atoms with Gasteiger partial charge in [0.1, 0.15) is 0 Å². The number of carbonyl (C=O) groups is 1. The van der Waals surface area contributed by atoms with Gasteiger partial charge in [-0.3, -0.25) is 0 Å². The average molecular weight is 170 g/mol. The van der Waals surface area contributed by atoms with Crippen molar-refractivity contribution in [1.29, 1.82) is 0 Å². The highest BCUT2D eigenvalue weighted by Gasteiger charge is 2.18. The molecule has 1 fully saturated rings. The van der Waals surface area contributed by atoms with E-state index in [0.29, 0.717) is 6.04 Å². The number of hydrogen-bond donors (Lipinski definition) is 2. The van der Waals surface area contributed by atoms with Crippen LogP contribution < -0.4 is 10.6 Å². The normalized spacial score (nSPS) is 16.8. The second-order valence-electron chi connectivity index (χ2n) is 3.38. The van der Waals surface area contributed by atoms with Crippen LogP contribution in [0.2, 0.25) is 0 Å². The summed E-state index contributed by atoms with van der Waals surface area (Å²) in [5.41, 5.74) is 0. The first-order chi connectivity index (χ1) is 5.83. The van der Waals surface area contributed by atoms with Crippen molar-refractivity contribution in [2.45, 2.75) is 45.1 Å². The van der Waals surface area contributed by atoms with E-state index in [4.69, 9.17) is 0 Å². The third-order valence-corrected chi connectivity index (χ3v) is 2.26. The van der Waals surface area contributed by atoms with Crippen LogP contribution in [0.25, 0.3) is 0 Å². The summed E-state index contributed by atoms with van der Waals surface area (Å²) >= 11 is 0. The maximum Gasteiger partial charge on any atom is 0.315 e. The van der Waals surface area contributed by atoms with E-state index in [-0.39, 0.29) is 6.03 Å². The third-order valence-electron chi connectivity index (χ3n) is 2.26. The van der Waals surface area contributed by atoms with Gasteiger partial charge in [0.2, 0.25) is 0 Å². The Balaban J connectivity index is 1.95. The van der Waals surface area contributed by atoms with Crippen molar-refractivity contribution < 1.29 is 4.79 Å². The minimum atomic E-state index is 0.00755. The van der Waals surface area contributed by atoms with E-state index < -0.39 is 0 Å². The summed E-state index contributed by atoms with van der Waals surface area (Å²) in [6, 6.07) is 0.458. The van der Waals surface area contributed by atoms with E-state index in [1.165, 1.54) is 6.42 Å². The fourth-order valence-corrected chi connectivity index (χ4v) is 1.17. The Bertz CT molecular complexity index is 143. The predicted octanol–water partition coefficient (Wildman–Crippen LogP) is 1.64. The summed E-state index contributed by atoms with van der Waals surface area (Å²) in [6.07, 6.45) is 5.77. The van der Waals surface area contributed by atoms with Crippen LogP contribution >= 0.6 is 0 Å². The van der Waals surface area contributed by atoms with E-state index in [9.17, 15) is 4.79 Å². The molecule has 2 amide bonds. The molecule has 0 saturated heterocycles. The first-order valence-corrected chi connectivity index (χ1v) is 4.87. The Labute approximate surface area is 73.9 Å². The average Bonchev–Trinajstić information content (AvgIpc) is 1.98. The zero-order valence-corrected chi connectivity index (χ0v) is 7.73. The van der Waals surface area contributed by atoms with Gasteiger partial charge in [-0.2, -0.15) is 0 Å². The second kappa shape index (κ2) is 5.01. The fourth-order valence-electron chi connectivity index (χ4n) is 1.17. The Morgan fingerprint density at radius 3 is 2.75 bits per heavy atom. The number of carbonyl (C=O) groups excluding carboxylic acids is 1. The van der Waals surface area contributed by atoms with Crippen LogP contribution in [-0.4, -0.2) is 18.6 Å². The van der Waals surface area contributed by atoms with Crippen molar-refractivity contribution in [2.75, 3.05) is 6.54 Å². The fraction of sp³-hybridized carbons (Fsp3) is 0.889. The topological polar surface area (TPSA) is 41.1 Å². The van der Waals surface area contributed by atoms with Gasteiger partial charge >= 0.3 is 6.03 Å². The molecule has 0 radical (unpaired) electrons. The largest absolute Gasteiger partial charge is 0.338 e. The molecule has 2 N–H and O–H groups in total. The minimum absolute atomic E-state index is 0.00755. The lowest BCUT2D eigenvalue weighted by atomic mass is 9.93. The van der Waals surface area contributed by atoms with E-state index >= 15 is 0 Å². The molecule has 3 nitrogen and oxygen atoms in total. The molecule has 0 aromatic carbocycles. The smallest absolute Gasteiger partial charge is 0.315 e. The molecule has 0 heterocycles. The standard InChI is InChI=1S/C9H18N2O/c1-2-3-7-10-9(12)11-8-5-4-6-8/h8H,2-7H2,1H3,(H2,10,11,12). The third kappa shape index (κ3) is 3.11. The zero-order valence-electron chi connectivity index (χ0n) is 7.73. The molecular formula is C9H18N2O. The van der Waals surface area contributed by atoms with Gasteiger partial charge in [0.05, 0.1) is 0 Å². The Morgan fingerprint density at radius 2 is 2.25 bits per heavy atom. The molecule has 3 heteroatoms. The van der Waals surface area contributed by atoms with Crippen molar-refractivity contribution in [3.63, 3.8) is 0 Å². The SMILES string of the molecule is CCCCNC(=O)NC1CCC1. The minimum Gasteiger partial charge on any atom is -0.338 e. The molecule has 12 heavy (non-hydrogen) atoms. The molecule has 1 saturated carbocycles. The number of unbranched alkanes of at least 4 members (excludes halogenated alkanes) is 1. The van der Waals surface area contributed by atoms with E-state index in [0.717, 1.165) is 32.2 Å². The van der Waals surface area contributed by atoms with Crippen LogP contribution in [0.4, 0.5) is 4.79 Å². The van der Waals surface area contributed by atoms with Gasteiger partial charge in [-0.1, -0.05) is 13.3 Å². The first kappa shape index (κ1) is 9.36. The van der Waals surface area contributed by atoms with E-state index in [1.54, 1.807) is 0 Å². The Kier molecular flexibility index (Phi) is 3.91. The van der Waals surface area contributed by atoms with Gasteiger partial charge in [-0.15, -0.1) is 0 Å². The van der Waals surface area contributed by atoms with Gasteiger partial charge in [0.15, 0.2) is 0 Å². The summed E-state index contributed by atoms with van der Waals surface area (Å²) in [5, 5.41) is 5.76. The highest BCUT2D eigenvalue weighted by molar-refractivity contribution is 5.74. The summed E-state index contributed by atoms with van der Waals surface area (Å²) in [7, 11) is 0. The van der Waals surface area contributed by atoms with Gasteiger partial charge in [0, 0.05) is 12.6 Å². The maximum absolute atomic E-state index is 11.1. The first-order valence-electron chi connectivity index (χ1n) is 4.87. The summed E-state index contributed by atoms with van der Waals surface area (Å²) in [4.78, 5) is 11.1. The number of amides is 2. The van der Waals surface area contributed by atoms with E-state index in [1.807, 2.05) is 0 Å². The van der Waals surface area contributed by atoms with Gasteiger partial charge in [0.25, 0.3) is 0 Å². The Morgan fingerprint density at radius 1 is 1.50 bits per heavy atom. The molecule has 0 aliphatic heterocycles. The van der Waals surface area contributed by atoms with Crippen LogP contribution in [0.5, 0.6) is 0 Å². The van der Waals surface area contributed by atoms with Crippen molar-refractivity contribution in [3.8, 4) is 0 Å². The lowest BCUT2D eigenvalue weighted by Gasteiger charge is -2.26. The molecule has 1 aliphatic carbocycles. The monoisotopic (exact) mass is 170 g/mol. The van der Waals surface area contributed by atoms with Crippen molar-refractivity contribution in [3.05, 3.63) is 0 Å². The number of nitrogens with one attached hydrogen (secondary N) is 2. The summed E-state index contributed by atoms with van der Waals surface area (Å²) < 4.78 is 0. The van der Waals surface area contributed by atoms with Crippen molar-refractivity contribution in [2.24, 2.45) is 0 Å². The molecule has 70 valence electrons. The number of rotatable bonds is 4. The predicted molar refractivity (Wildman–Crippen MR) is 49.1 cm³/mol. The molecular weight excluding hydrogens is 152 g/mol.